The molecule has 0 atom stereocenters. The smallest absolute Gasteiger partial charge is 0.257 e. The van der Waals surface area contributed by atoms with Crippen LogP contribution in [0.5, 0.6) is 0 Å². The van der Waals surface area contributed by atoms with Crippen LogP contribution in [-0.2, 0) is 4.79 Å². The zero-order valence-corrected chi connectivity index (χ0v) is 12.9. The third kappa shape index (κ3) is 2.39. The summed E-state index contributed by atoms with van der Waals surface area (Å²) in [5, 5.41) is 6.01. The summed E-state index contributed by atoms with van der Waals surface area (Å²) in [4.78, 5) is 25.4. The lowest BCUT2D eigenvalue weighted by Crippen LogP contribution is -2.27. The summed E-state index contributed by atoms with van der Waals surface area (Å²) in [7, 11) is 0. The summed E-state index contributed by atoms with van der Waals surface area (Å²) in [5.41, 5.74) is 2.80. The molecule has 0 saturated carbocycles. The van der Waals surface area contributed by atoms with Gasteiger partial charge in [-0.1, -0.05) is 42.5 Å². The number of benzene rings is 2. The Bertz CT molecular complexity index is 872. The minimum Gasteiger partial charge on any atom is -0.289 e. The number of anilines is 1. The monoisotopic (exact) mass is 320 g/mol. The molecule has 0 bridgehead atoms. The number of carbonyl (C=O) groups excluding carboxylic acids is 2. The van der Waals surface area contributed by atoms with Gasteiger partial charge in [-0.3, -0.25) is 9.59 Å². The first-order valence-electron chi connectivity index (χ1n) is 7.19. The molecule has 2 aromatic carbocycles. The number of hydrazone groups is 1. The van der Waals surface area contributed by atoms with Crippen molar-refractivity contribution in [2.45, 2.75) is 0 Å². The number of ketones is 1. The van der Waals surface area contributed by atoms with Crippen LogP contribution in [0, 0.1) is 0 Å². The number of fused-ring (bicyclic) bond motifs is 3. The van der Waals surface area contributed by atoms with E-state index in [1.54, 1.807) is 12.1 Å². The normalized spacial score (nSPS) is 17.0. The third-order valence-electron chi connectivity index (χ3n) is 3.73. The zero-order chi connectivity index (χ0) is 15.8. The molecule has 1 aliphatic carbocycles. The zero-order valence-electron chi connectivity index (χ0n) is 12.1. The lowest BCUT2D eigenvalue weighted by molar-refractivity contribution is -0.116. The van der Waals surface area contributed by atoms with E-state index in [-0.39, 0.29) is 17.4 Å². The van der Waals surface area contributed by atoms with Crippen LogP contribution in [0.2, 0.25) is 0 Å². The van der Waals surface area contributed by atoms with Crippen molar-refractivity contribution in [2.75, 3.05) is 10.8 Å². The van der Waals surface area contributed by atoms with Crippen molar-refractivity contribution in [1.29, 1.82) is 0 Å². The predicted molar refractivity (Wildman–Crippen MR) is 91.8 cm³/mol. The van der Waals surface area contributed by atoms with Gasteiger partial charge in [0.05, 0.1) is 11.4 Å². The molecule has 2 aromatic rings. The minimum absolute atomic E-state index is 0.0392. The van der Waals surface area contributed by atoms with Crippen molar-refractivity contribution in [3.8, 4) is 0 Å². The highest BCUT2D eigenvalue weighted by molar-refractivity contribution is 8.04. The number of thioether (sulfide) groups is 1. The maximum atomic E-state index is 12.4. The molecule has 23 heavy (non-hydrogen) atoms. The second-order valence-corrected chi connectivity index (χ2v) is 6.21. The van der Waals surface area contributed by atoms with Crippen molar-refractivity contribution in [3.05, 3.63) is 76.7 Å². The van der Waals surface area contributed by atoms with Gasteiger partial charge in [-0.2, -0.15) is 10.1 Å². The van der Waals surface area contributed by atoms with Gasteiger partial charge in [0.1, 0.15) is 5.71 Å². The number of hydrogen-bond donors (Lipinski definition) is 0. The van der Waals surface area contributed by atoms with Gasteiger partial charge in [-0.15, -0.1) is 11.8 Å². The first-order chi connectivity index (χ1) is 11.2. The van der Waals surface area contributed by atoms with Gasteiger partial charge in [0.2, 0.25) is 0 Å². The maximum absolute atomic E-state index is 12.4. The van der Waals surface area contributed by atoms with Gasteiger partial charge >= 0.3 is 0 Å². The summed E-state index contributed by atoms with van der Waals surface area (Å²) >= 11 is 1.36. The maximum Gasteiger partial charge on any atom is 0.257 e. The van der Waals surface area contributed by atoms with Gasteiger partial charge < -0.3 is 0 Å². The molecule has 5 heteroatoms. The number of nitrogens with zero attached hydrogens (tertiary/aromatic N) is 2. The second-order valence-electron chi connectivity index (χ2n) is 5.20. The molecular weight excluding hydrogens is 308 g/mol. The van der Waals surface area contributed by atoms with Gasteiger partial charge in [0, 0.05) is 22.1 Å². The van der Waals surface area contributed by atoms with Crippen molar-refractivity contribution >= 4 is 34.9 Å². The number of hydrogen-bond acceptors (Lipinski definition) is 4. The molecule has 0 fully saturated rings. The average Bonchev–Trinajstić information content (AvgIpc) is 2.76. The van der Waals surface area contributed by atoms with Crippen LogP contribution in [0.15, 0.2) is 70.7 Å². The van der Waals surface area contributed by atoms with Crippen LogP contribution < -0.4 is 5.01 Å². The highest BCUT2D eigenvalue weighted by atomic mass is 32.2. The van der Waals surface area contributed by atoms with Crippen molar-refractivity contribution in [3.63, 3.8) is 0 Å². The highest BCUT2D eigenvalue weighted by Crippen LogP contribution is 2.32. The van der Waals surface area contributed by atoms with Gasteiger partial charge in [0.15, 0.2) is 5.78 Å². The molecule has 0 N–H and O–H groups in total. The van der Waals surface area contributed by atoms with E-state index in [0.29, 0.717) is 11.3 Å². The standard InChI is InChI=1S/C18H12N2O2S/c21-15-10-16-18(14-9-5-4-8-13(14)15)19-20(17(22)11-23-16)12-6-2-1-3-7-12/h1-10H,11H2. The lowest BCUT2D eigenvalue weighted by atomic mass is 9.94. The highest BCUT2D eigenvalue weighted by Gasteiger charge is 2.29. The van der Waals surface area contributed by atoms with E-state index < -0.39 is 0 Å². The molecule has 1 amide bonds. The molecule has 0 unspecified atom stereocenters. The first kappa shape index (κ1) is 14.0. The Morgan fingerprint density at radius 2 is 1.61 bits per heavy atom. The van der Waals surface area contributed by atoms with Gasteiger partial charge in [-0.05, 0) is 12.1 Å². The second kappa shape index (κ2) is 5.52. The van der Waals surface area contributed by atoms with Crippen LogP contribution >= 0.6 is 11.8 Å². The van der Waals surface area contributed by atoms with Gasteiger partial charge in [-0.25, -0.2) is 0 Å². The van der Waals surface area contributed by atoms with Gasteiger partial charge in [0.25, 0.3) is 5.91 Å². The van der Waals surface area contributed by atoms with Crippen LogP contribution in [-0.4, -0.2) is 23.2 Å². The fourth-order valence-corrected chi connectivity index (χ4v) is 3.52. The van der Waals surface area contributed by atoms with E-state index in [9.17, 15) is 9.59 Å². The Balaban J connectivity index is 1.90. The number of rotatable bonds is 1. The van der Waals surface area contributed by atoms with Crippen LogP contribution in [0.4, 0.5) is 5.69 Å². The molecule has 1 heterocycles. The third-order valence-corrected chi connectivity index (χ3v) is 4.74. The first-order valence-corrected chi connectivity index (χ1v) is 8.18. The largest absolute Gasteiger partial charge is 0.289 e. The molecule has 112 valence electrons. The lowest BCUT2D eigenvalue weighted by Gasteiger charge is -2.18. The summed E-state index contributed by atoms with van der Waals surface area (Å²) in [6.45, 7) is 0. The Labute approximate surface area is 137 Å². The predicted octanol–water partition coefficient (Wildman–Crippen LogP) is 3.25. The molecule has 0 spiro atoms. The Kier molecular flexibility index (Phi) is 3.35. The molecule has 2 aliphatic rings. The van der Waals surface area contributed by atoms with Crippen molar-refractivity contribution < 1.29 is 9.59 Å². The number of allylic oxidation sites excluding steroid dienone is 2. The number of para-hydroxylation sites is 1. The molecule has 0 radical (unpaired) electrons. The fourth-order valence-electron chi connectivity index (χ4n) is 2.64. The van der Waals surface area contributed by atoms with E-state index in [1.165, 1.54) is 16.8 Å². The molecular formula is C18H12N2O2S. The molecule has 0 aromatic heterocycles. The fraction of sp³-hybridized carbons (Fsp3) is 0.0556. The van der Waals surface area contributed by atoms with Crippen molar-refractivity contribution in [2.24, 2.45) is 5.10 Å². The van der Waals surface area contributed by atoms with Crippen LogP contribution in [0.1, 0.15) is 15.9 Å². The Morgan fingerprint density at radius 1 is 0.913 bits per heavy atom. The van der Waals surface area contributed by atoms with E-state index in [4.69, 9.17) is 0 Å². The quantitative estimate of drug-likeness (QED) is 0.810. The Morgan fingerprint density at radius 3 is 2.39 bits per heavy atom. The van der Waals surface area contributed by atoms with E-state index in [2.05, 4.69) is 5.10 Å². The number of carbonyl (C=O) groups is 2. The number of amides is 1. The van der Waals surface area contributed by atoms with Crippen molar-refractivity contribution in [1.82, 2.24) is 0 Å². The molecule has 4 rings (SSSR count). The average molecular weight is 320 g/mol. The van der Waals surface area contributed by atoms with E-state index in [0.717, 1.165) is 16.2 Å². The minimum atomic E-state index is -0.103. The van der Waals surface area contributed by atoms with Crippen LogP contribution in [0.25, 0.3) is 0 Å². The molecule has 0 saturated heterocycles. The summed E-state index contributed by atoms with van der Waals surface area (Å²) < 4.78 is 0. The SMILES string of the molecule is O=C1C=C2SCC(=O)N(c3ccccc3)N=C2c2ccccc21. The summed E-state index contributed by atoms with van der Waals surface area (Å²) in [6.07, 6.45) is 1.58. The van der Waals surface area contributed by atoms with E-state index in [1.807, 2.05) is 48.5 Å². The Hall–Kier alpha value is -2.66. The summed E-state index contributed by atoms with van der Waals surface area (Å²) in [6, 6.07) is 16.7. The van der Waals surface area contributed by atoms with E-state index >= 15 is 0 Å². The molecule has 1 aliphatic heterocycles. The summed E-state index contributed by atoms with van der Waals surface area (Å²) in [5.74, 6) is 0.111. The molecule has 4 nitrogen and oxygen atoms in total. The topological polar surface area (TPSA) is 49.7 Å². The van der Waals surface area contributed by atoms with Crippen LogP contribution in [0.3, 0.4) is 0 Å².